The van der Waals surface area contributed by atoms with E-state index in [2.05, 4.69) is 19.1 Å². The lowest BCUT2D eigenvalue weighted by atomic mass is 10.1. The molecule has 0 aromatic rings. The van der Waals surface area contributed by atoms with E-state index in [0.29, 0.717) is 6.61 Å². The van der Waals surface area contributed by atoms with Crippen LogP contribution in [0.15, 0.2) is 12.2 Å². The summed E-state index contributed by atoms with van der Waals surface area (Å²) < 4.78 is 11.0. The topological polar surface area (TPSA) is 79.2 Å². The van der Waals surface area contributed by atoms with Gasteiger partial charge < -0.3 is 24.8 Å². The predicted octanol–water partition coefficient (Wildman–Crippen LogP) is 3.74. The Hall–Kier alpha value is -0.460. The minimum atomic E-state index is -1.01. The lowest BCUT2D eigenvalue weighted by Crippen LogP contribution is -2.42. The summed E-state index contributed by atoms with van der Waals surface area (Å²) in [6.45, 7) is 2.53. The highest BCUT2D eigenvalue weighted by molar-refractivity contribution is 4.89. The number of aliphatic hydroxyl groups excluding tert-OH is 3. The number of unbranched alkanes of at least 4 members (excludes halogenated alkanes) is 10. The number of allylic oxidation sites excluding steroid dienone is 2. The Bertz CT molecular complexity index is 361. The van der Waals surface area contributed by atoms with E-state index in [9.17, 15) is 10.2 Å². The van der Waals surface area contributed by atoms with E-state index in [1.165, 1.54) is 57.8 Å². The third kappa shape index (κ3) is 11.2. The van der Waals surface area contributed by atoms with Crippen LogP contribution < -0.4 is 0 Å². The first-order valence-electron chi connectivity index (χ1n) is 11.1. The molecule has 1 saturated heterocycles. The van der Waals surface area contributed by atoms with Crippen LogP contribution in [0.2, 0.25) is 0 Å². The first-order valence-corrected chi connectivity index (χ1v) is 11.1. The molecule has 4 atom stereocenters. The molecule has 160 valence electrons. The third-order valence-corrected chi connectivity index (χ3v) is 5.20. The summed E-state index contributed by atoms with van der Waals surface area (Å²) in [5.74, 6) is 0. The van der Waals surface area contributed by atoms with Gasteiger partial charge in [0.2, 0.25) is 0 Å². The molecule has 3 N–H and O–H groups in total. The normalized spacial score (nSPS) is 24.1. The molecule has 1 heterocycles. The van der Waals surface area contributed by atoms with Gasteiger partial charge in [0.25, 0.3) is 0 Å². The van der Waals surface area contributed by atoms with E-state index in [0.717, 1.165) is 19.3 Å². The summed E-state index contributed by atoms with van der Waals surface area (Å²) in [6.07, 6.45) is 16.7. The van der Waals surface area contributed by atoms with Gasteiger partial charge in [-0.2, -0.15) is 0 Å². The molecule has 0 aromatic carbocycles. The molecule has 0 unspecified atom stereocenters. The van der Waals surface area contributed by atoms with Crippen LogP contribution in [0.25, 0.3) is 0 Å². The highest BCUT2D eigenvalue weighted by atomic mass is 16.6. The Morgan fingerprint density at radius 2 is 1.56 bits per heavy atom. The maximum absolute atomic E-state index is 9.86. The van der Waals surface area contributed by atoms with Crippen molar-refractivity contribution < 1.29 is 24.8 Å². The average Bonchev–Trinajstić information content (AvgIpc) is 3.04. The summed E-state index contributed by atoms with van der Waals surface area (Å²) in [5, 5.41) is 28.6. The van der Waals surface area contributed by atoms with Crippen molar-refractivity contribution in [3.63, 3.8) is 0 Å². The quantitative estimate of drug-likeness (QED) is 0.262. The van der Waals surface area contributed by atoms with Gasteiger partial charge in [-0.25, -0.2) is 0 Å². The molecule has 5 heteroatoms. The van der Waals surface area contributed by atoms with Crippen LogP contribution in [0.1, 0.15) is 84.0 Å². The summed E-state index contributed by atoms with van der Waals surface area (Å²) in [4.78, 5) is 0. The van der Waals surface area contributed by atoms with E-state index in [1.54, 1.807) is 0 Å². The summed E-state index contributed by atoms with van der Waals surface area (Å²) in [6, 6.07) is 0. The summed E-state index contributed by atoms with van der Waals surface area (Å²) >= 11 is 0. The van der Waals surface area contributed by atoms with Crippen molar-refractivity contribution in [3.8, 4) is 0 Å². The van der Waals surface area contributed by atoms with Gasteiger partial charge in [0.05, 0.1) is 13.2 Å². The number of aliphatic hydroxyl groups is 3. The zero-order valence-electron chi connectivity index (χ0n) is 17.2. The van der Waals surface area contributed by atoms with Gasteiger partial charge in [0.15, 0.2) is 0 Å². The molecule has 0 radical (unpaired) electrons. The Labute approximate surface area is 165 Å². The van der Waals surface area contributed by atoms with Crippen LogP contribution in [0, 0.1) is 0 Å². The minimum Gasteiger partial charge on any atom is -0.394 e. The monoisotopic (exact) mass is 386 g/mol. The van der Waals surface area contributed by atoms with E-state index in [1.807, 2.05) is 0 Å². The van der Waals surface area contributed by atoms with Crippen molar-refractivity contribution in [1.29, 1.82) is 0 Å². The highest BCUT2D eigenvalue weighted by Gasteiger charge is 2.40. The maximum Gasteiger partial charge on any atom is 0.114 e. The van der Waals surface area contributed by atoms with Gasteiger partial charge in [0, 0.05) is 6.61 Å². The van der Waals surface area contributed by atoms with Crippen LogP contribution in [-0.4, -0.2) is 59.6 Å². The molecule has 0 saturated carbocycles. The Balaban J connectivity index is 1.93. The van der Waals surface area contributed by atoms with Crippen molar-refractivity contribution in [1.82, 2.24) is 0 Å². The second kappa shape index (κ2) is 16.5. The zero-order valence-corrected chi connectivity index (χ0v) is 17.2. The minimum absolute atomic E-state index is 0.144. The molecule has 1 aliphatic heterocycles. The van der Waals surface area contributed by atoms with Crippen LogP contribution in [0.3, 0.4) is 0 Å². The van der Waals surface area contributed by atoms with Crippen molar-refractivity contribution in [2.45, 2.75) is 108 Å². The number of ether oxygens (including phenoxy) is 2. The number of hydrogen-bond donors (Lipinski definition) is 3. The molecule has 0 amide bonds. The average molecular weight is 387 g/mol. The van der Waals surface area contributed by atoms with E-state index in [-0.39, 0.29) is 6.61 Å². The van der Waals surface area contributed by atoms with Crippen LogP contribution in [-0.2, 0) is 9.47 Å². The fraction of sp³-hybridized carbons (Fsp3) is 0.909. The van der Waals surface area contributed by atoms with Gasteiger partial charge in [-0.1, -0.05) is 70.4 Å². The SMILES string of the molecule is CCCCCCCCCCC/C=C/CCCO[C@@H]1[C@H]([C@@H](O)CO)OC[C@H]1O. The van der Waals surface area contributed by atoms with Crippen molar-refractivity contribution in [2.24, 2.45) is 0 Å². The van der Waals surface area contributed by atoms with Crippen LogP contribution in [0.4, 0.5) is 0 Å². The standard InChI is InChI=1S/C22H42O5/c1-2-3-4-5-6-7-8-9-10-11-12-13-14-15-16-26-22-20(25)18-27-21(22)19(24)17-23/h12-13,19-25H,2-11,14-18H2,1H3/b13-12+/t19-,20+,21-,22-/m0/s1. The largest absolute Gasteiger partial charge is 0.394 e. The molecule has 0 bridgehead atoms. The van der Waals surface area contributed by atoms with Crippen molar-refractivity contribution >= 4 is 0 Å². The van der Waals surface area contributed by atoms with Gasteiger partial charge in [0.1, 0.15) is 24.4 Å². The molecule has 27 heavy (non-hydrogen) atoms. The molecular formula is C22H42O5. The Morgan fingerprint density at radius 3 is 2.19 bits per heavy atom. The highest BCUT2D eigenvalue weighted by Crippen LogP contribution is 2.21. The second-order valence-electron chi connectivity index (χ2n) is 7.68. The molecule has 0 aliphatic carbocycles. The maximum atomic E-state index is 9.86. The second-order valence-corrected chi connectivity index (χ2v) is 7.68. The fourth-order valence-electron chi connectivity index (χ4n) is 3.49. The third-order valence-electron chi connectivity index (χ3n) is 5.20. The lowest BCUT2D eigenvalue weighted by molar-refractivity contribution is -0.0935. The van der Waals surface area contributed by atoms with Crippen molar-refractivity contribution in [3.05, 3.63) is 12.2 Å². The number of rotatable bonds is 17. The molecule has 1 rings (SSSR count). The number of hydrogen-bond acceptors (Lipinski definition) is 5. The molecule has 0 aromatic heterocycles. The van der Waals surface area contributed by atoms with Crippen molar-refractivity contribution in [2.75, 3.05) is 19.8 Å². The van der Waals surface area contributed by atoms with Gasteiger partial charge in [-0.3, -0.25) is 0 Å². The summed E-state index contributed by atoms with van der Waals surface area (Å²) in [5.41, 5.74) is 0. The Morgan fingerprint density at radius 1 is 0.963 bits per heavy atom. The molecule has 1 fully saturated rings. The first-order chi connectivity index (χ1) is 13.2. The van der Waals surface area contributed by atoms with Gasteiger partial charge in [-0.05, 0) is 25.7 Å². The van der Waals surface area contributed by atoms with Crippen LogP contribution >= 0.6 is 0 Å². The zero-order chi connectivity index (χ0) is 19.7. The van der Waals surface area contributed by atoms with Gasteiger partial charge in [-0.15, -0.1) is 0 Å². The molecule has 5 nitrogen and oxygen atoms in total. The fourth-order valence-corrected chi connectivity index (χ4v) is 3.49. The predicted molar refractivity (Wildman–Crippen MR) is 109 cm³/mol. The summed E-state index contributed by atoms with van der Waals surface area (Å²) in [7, 11) is 0. The molecule has 0 spiro atoms. The van der Waals surface area contributed by atoms with E-state index < -0.39 is 31.0 Å². The lowest BCUT2D eigenvalue weighted by Gasteiger charge is -2.23. The van der Waals surface area contributed by atoms with Gasteiger partial charge >= 0.3 is 0 Å². The van der Waals surface area contributed by atoms with E-state index in [4.69, 9.17) is 14.6 Å². The molecular weight excluding hydrogens is 344 g/mol. The van der Waals surface area contributed by atoms with Crippen LogP contribution in [0.5, 0.6) is 0 Å². The molecule has 1 aliphatic rings. The smallest absolute Gasteiger partial charge is 0.114 e. The van der Waals surface area contributed by atoms with E-state index >= 15 is 0 Å². The first kappa shape index (κ1) is 24.6. The Kier molecular flexibility index (Phi) is 15.0.